The third kappa shape index (κ3) is 1.80. The Balaban J connectivity index is 1.72. The van der Waals surface area contributed by atoms with E-state index in [2.05, 4.69) is 39.8 Å². The van der Waals surface area contributed by atoms with Crippen molar-refractivity contribution in [3.63, 3.8) is 0 Å². The fourth-order valence-electron chi connectivity index (χ4n) is 6.73. The second kappa shape index (κ2) is 4.49. The lowest BCUT2D eigenvalue weighted by atomic mass is 9.48. The Labute approximate surface area is 131 Å². The first-order valence-corrected chi connectivity index (χ1v) is 9.33. The monoisotopic (exact) mass is 284 g/mol. The van der Waals surface area contributed by atoms with Gasteiger partial charge in [0.1, 0.15) is 0 Å². The van der Waals surface area contributed by atoms with Crippen LogP contribution < -0.4 is 0 Å². The molecule has 3 unspecified atom stereocenters. The Bertz CT molecular complexity index is 510. The molecule has 21 heavy (non-hydrogen) atoms. The van der Waals surface area contributed by atoms with Gasteiger partial charge in [-0.3, -0.25) is 0 Å². The highest BCUT2D eigenvalue weighted by molar-refractivity contribution is 5.36. The summed E-state index contributed by atoms with van der Waals surface area (Å²) < 4.78 is 0. The van der Waals surface area contributed by atoms with Gasteiger partial charge in [0.05, 0.1) is 0 Å². The molecule has 6 atom stereocenters. The number of rotatable bonds is 0. The smallest absolute Gasteiger partial charge is 0.00443 e. The summed E-state index contributed by atoms with van der Waals surface area (Å²) in [6, 6.07) is 0. The molecule has 0 spiro atoms. The summed E-state index contributed by atoms with van der Waals surface area (Å²) >= 11 is 0. The van der Waals surface area contributed by atoms with Crippen LogP contribution in [0.5, 0.6) is 0 Å². The minimum atomic E-state index is 0.496. The van der Waals surface area contributed by atoms with E-state index in [-0.39, 0.29) is 0 Å². The van der Waals surface area contributed by atoms with E-state index in [0.29, 0.717) is 10.8 Å². The fraction of sp³-hybridized carbons (Fsp3) is 0.810. The average Bonchev–Trinajstić information content (AvgIpc) is 2.76. The zero-order valence-electron chi connectivity index (χ0n) is 14.4. The van der Waals surface area contributed by atoms with Crippen molar-refractivity contribution in [2.24, 2.45) is 34.5 Å². The van der Waals surface area contributed by atoms with Crippen molar-refractivity contribution < 1.29 is 0 Å². The minimum absolute atomic E-state index is 0.496. The van der Waals surface area contributed by atoms with Crippen LogP contribution in [0.15, 0.2) is 23.3 Å². The summed E-state index contributed by atoms with van der Waals surface area (Å²) in [5, 5.41) is 0. The molecule has 0 nitrogen and oxygen atoms in total. The van der Waals surface area contributed by atoms with Crippen LogP contribution in [0.3, 0.4) is 0 Å². The van der Waals surface area contributed by atoms with E-state index in [4.69, 9.17) is 0 Å². The van der Waals surface area contributed by atoms with Crippen LogP contribution in [0.25, 0.3) is 0 Å². The zero-order valence-corrected chi connectivity index (χ0v) is 14.4. The molecule has 0 bridgehead atoms. The molecule has 0 saturated heterocycles. The second-order valence-corrected chi connectivity index (χ2v) is 9.20. The van der Waals surface area contributed by atoms with Crippen LogP contribution in [0, 0.1) is 34.5 Å². The van der Waals surface area contributed by atoms with Gasteiger partial charge in [-0.15, -0.1) is 0 Å². The molecule has 116 valence electrons. The van der Waals surface area contributed by atoms with Crippen LogP contribution >= 0.6 is 0 Å². The largest absolute Gasteiger partial charge is 0.0805 e. The standard InChI is InChI=1S/C21H32/c1-14-9-11-21(4)16(13-14)6-7-17-18-8-5-15(2)20(18,3)12-10-19(17)21/h6,13,15,17-19H,5,7-12H2,1-4H3/t15-,17?,18?,19?,20+,21-/m0/s1. The van der Waals surface area contributed by atoms with E-state index in [0.717, 1.165) is 23.7 Å². The average molecular weight is 284 g/mol. The van der Waals surface area contributed by atoms with Crippen LogP contribution in [0.2, 0.25) is 0 Å². The molecule has 0 heterocycles. The van der Waals surface area contributed by atoms with Crippen LogP contribution in [0.4, 0.5) is 0 Å². The molecule has 0 aliphatic heterocycles. The molecule has 0 aromatic heterocycles. The Hall–Kier alpha value is -0.520. The van der Waals surface area contributed by atoms with E-state index >= 15 is 0 Å². The molecule has 0 amide bonds. The summed E-state index contributed by atoms with van der Waals surface area (Å²) in [6.07, 6.45) is 15.2. The van der Waals surface area contributed by atoms with Gasteiger partial charge in [-0.25, -0.2) is 0 Å². The molecule has 2 saturated carbocycles. The topological polar surface area (TPSA) is 0 Å². The predicted octanol–water partition coefficient (Wildman–Crippen LogP) is 6.14. The van der Waals surface area contributed by atoms with Gasteiger partial charge in [0.2, 0.25) is 0 Å². The number of allylic oxidation sites excluding steroid dienone is 4. The highest BCUT2D eigenvalue weighted by Crippen LogP contribution is 2.65. The molecule has 4 rings (SSSR count). The molecule has 0 radical (unpaired) electrons. The number of fused-ring (bicyclic) bond motifs is 5. The van der Waals surface area contributed by atoms with E-state index in [1.165, 1.54) is 44.9 Å². The number of hydrogen-bond donors (Lipinski definition) is 0. The summed E-state index contributed by atoms with van der Waals surface area (Å²) in [5.74, 6) is 3.91. The number of hydrogen-bond acceptors (Lipinski definition) is 0. The molecular formula is C21H32. The first-order valence-electron chi connectivity index (χ1n) is 9.33. The third-order valence-electron chi connectivity index (χ3n) is 8.44. The Morgan fingerprint density at radius 3 is 2.67 bits per heavy atom. The quantitative estimate of drug-likeness (QED) is 0.501. The summed E-state index contributed by atoms with van der Waals surface area (Å²) in [5.41, 5.74) is 4.45. The predicted molar refractivity (Wildman–Crippen MR) is 90.0 cm³/mol. The van der Waals surface area contributed by atoms with E-state index < -0.39 is 0 Å². The van der Waals surface area contributed by atoms with Crippen molar-refractivity contribution in [1.29, 1.82) is 0 Å². The summed E-state index contributed by atoms with van der Waals surface area (Å²) in [4.78, 5) is 0. The Morgan fingerprint density at radius 1 is 1.05 bits per heavy atom. The third-order valence-corrected chi connectivity index (χ3v) is 8.44. The zero-order chi connectivity index (χ0) is 14.8. The van der Waals surface area contributed by atoms with Gasteiger partial charge >= 0.3 is 0 Å². The maximum atomic E-state index is 2.64. The van der Waals surface area contributed by atoms with Gasteiger partial charge in [-0.05, 0) is 91.9 Å². The Kier molecular flexibility index (Phi) is 3.02. The first kappa shape index (κ1) is 14.1. The normalized spacial score (nSPS) is 52.4. The lowest BCUT2D eigenvalue weighted by molar-refractivity contribution is -0.0329. The highest BCUT2D eigenvalue weighted by atomic mass is 14.6. The van der Waals surface area contributed by atoms with Gasteiger partial charge in [0, 0.05) is 0 Å². The van der Waals surface area contributed by atoms with Crippen molar-refractivity contribution in [2.45, 2.75) is 72.6 Å². The summed E-state index contributed by atoms with van der Waals surface area (Å²) in [7, 11) is 0. The van der Waals surface area contributed by atoms with Crippen molar-refractivity contribution >= 4 is 0 Å². The van der Waals surface area contributed by atoms with Crippen molar-refractivity contribution in [3.05, 3.63) is 23.3 Å². The highest BCUT2D eigenvalue weighted by Gasteiger charge is 2.56. The fourth-order valence-corrected chi connectivity index (χ4v) is 6.73. The van der Waals surface area contributed by atoms with Crippen LogP contribution in [-0.4, -0.2) is 0 Å². The summed E-state index contributed by atoms with van der Waals surface area (Å²) in [6.45, 7) is 10.1. The van der Waals surface area contributed by atoms with Gasteiger partial charge in [-0.1, -0.05) is 38.5 Å². The van der Waals surface area contributed by atoms with E-state index in [9.17, 15) is 0 Å². The van der Waals surface area contributed by atoms with Crippen molar-refractivity contribution in [2.75, 3.05) is 0 Å². The van der Waals surface area contributed by atoms with Crippen LogP contribution in [0.1, 0.15) is 72.6 Å². The molecule has 4 aliphatic rings. The molecule has 0 N–H and O–H groups in total. The first-order chi connectivity index (χ1) is 9.95. The van der Waals surface area contributed by atoms with Crippen LogP contribution in [-0.2, 0) is 0 Å². The molecule has 0 aromatic carbocycles. The minimum Gasteiger partial charge on any atom is -0.0805 e. The van der Waals surface area contributed by atoms with Gasteiger partial charge in [0.15, 0.2) is 0 Å². The molecular weight excluding hydrogens is 252 g/mol. The van der Waals surface area contributed by atoms with Gasteiger partial charge < -0.3 is 0 Å². The maximum absolute atomic E-state index is 2.64. The molecule has 0 heteroatoms. The van der Waals surface area contributed by atoms with E-state index in [1.54, 1.807) is 11.1 Å². The van der Waals surface area contributed by atoms with Crippen molar-refractivity contribution in [3.8, 4) is 0 Å². The lowest BCUT2D eigenvalue weighted by Gasteiger charge is -2.57. The molecule has 4 aliphatic carbocycles. The molecule has 2 fully saturated rings. The van der Waals surface area contributed by atoms with Gasteiger partial charge in [-0.2, -0.15) is 0 Å². The lowest BCUT2D eigenvalue weighted by Crippen LogP contribution is -2.48. The maximum Gasteiger partial charge on any atom is -0.00443 e. The SMILES string of the molecule is CC1=CC2=CCC3C(CC[C@@]4(C)C3CC[C@@H]4C)[C@@]2(C)CC1. The van der Waals surface area contributed by atoms with Gasteiger partial charge in [0.25, 0.3) is 0 Å². The second-order valence-electron chi connectivity index (χ2n) is 9.20. The van der Waals surface area contributed by atoms with E-state index in [1.807, 2.05) is 0 Å². The Morgan fingerprint density at radius 2 is 1.86 bits per heavy atom. The molecule has 0 aromatic rings. The van der Waals surface area contributed by atoms with Crippen molar-refractivity contribution in [1.82, 2.24) is 0 Å².